The van der Waals surface area contributed by atoms with Gasteiger partial charge in [0, 0.05) is 26.7 Å². The van der Waals surface area contributed by atoms with Crippen molar-refractivity contribution in [2.24, 2.45) is 0 Å². The highest BCUT2D eigenvalue weighted by atomic mass is 32.2. The largest absolute Gasteiger partial charge is 0.352 e. The molecule has 214 valence electrons. The molecule has 0 heterocycles. The molecule has 0 unspecified atom stereocenters. The molecule has 2 amide bonds. The third-order valence-corrected chi connectivity index (χ3v) is 9.27. The lowest BCUT2D eigenvalue weighted by Crippen LogP contribution is -2.54. The second-order valence-corrected chi connectivity index (χ2v) is 12.9. The number of nitrogens with zero attached hydrogens (tertiary/aromatic N) is 3. The highest BCUT2D eigenvalue weighted by molar-refractivity contribution is 7.90. The van der Waals surface area contributed by atoms with Crippen molar-refractivity contribution in [2.75, 3.05) is 24.9 Å². The molecule has 39 heavy (non-hydrogen) atoms. The van der Waals surface area contributed by atoms with Crippen molar-refractivity contribution in [3.8, 4) is 0 Å². The van der Waals surface area contributed by atoms with E-state index in [1.54, 1.807) is 11.0 Å². The minimum atomic E-state index is -4.00. The molecule has 1 fully saturated rings. The lowest BCUT2D eigenvalue weighted by Gasteiger charge is -2.35. The van der Waals surface area contributed by atoms with Crippen LogP contribution in [0.2, 0.25) is 0 Å². The van der Waals surface area contributed by atoms with Crippen LogP contribution in [0.3, 0.4) is 0 Å². The van der Waals surface area contributed by atoms with Crippen molar-refractivity contribution >= 4 is 27.7 Å². The molecule has 0 radical (unpaired) electrons. The second-order valence-electron chi connectivity index (χ2n) is 10.9. The van der Waals surface area contributed by atoms with Crippen LogP contribution in [0.4, 0.5) is 5.69 Å². The molecule has 9 heteroatoms. The second kappa shape index (κ2) is 13.4. The van der Waals surface area contributed by atoms with Crippen LogP contribution in [-0.2, 0) is 26.3 Å². The summed E-state index contributed by atoms with van der Waals surface area (Å²) in [6.45, 7) is 7.39. The van der Waals surface area contributed by atoms with Gasteiger partial charge in [0.15, 0.2) is 0 Å². The van der Waals surface area contributed by atoms with Gasteiger partial charge in [-0.2, -0.15) is 12.7 Å². The van der Waals surface area contributed by atoms with E-state index in [9.17, 15) is 18.0 Å². The third-order valence-electron chi connectivity index (χ3n) is 7.46. The van der Waals surface area contributed by atoms with Crippen LogP contribution in [0, 0.1) is 20.8 Å². The zero-order valence-corrected chi connectivity index (χ0v) is 25.1. The molecule has 1 atom stereocenters. The zero-order chi connectivity index (χ0) is 28.7. The van der Waals surface area contributed by atoms with Gasteiger partial charge in [-0.25, -0.2) is 4.31 Å². The first kappa shape index (κ1) is 30.6. The SMILES string of the molecule is CC[C@H](C(=O)NC1CCCCC1)N(Cc1ccc(C)cc1)C(=O)CN(c1cc(C)ccc1C)S(=O)(=O)N(C)C. The number of carbonyl (C=O) groups excluding carboxylic acids is 2. The standard InChI is InChI=1S/C30H44N4O4S/c1-7-27(30(36)31-26-11-9-8-10-12-26)33(20-25-17-14-22(2)15-18-25)29(35)21-34(39(37,38)32(5)6)28-19-23(3)13-16-24(28)4/h13-19,26-27H,7-12,20-21H2,1-6H3,(H,31,36)/t27-/m1/s1. The number of hydrogen-bond donors (Lipinski definition) is 1. The Bertz CT molecular complexity index is 1240. The highest BCUT2D eigenvalue weighted by Gasteiger charge is 2.35. The number of benzene rings is 2. The maximum atomic E-state index is 14.1. The van der Waals surface area contributed by atoms with E-state index in [1.165, 1.54) is 20.5 Å². The number of rotatable bonds is 11. The number of carbonyl (C=O) groups is 2. The lowest BCUT2D eigenvalue weighted by molar-refractivity contribution is -0.140. The molecule has 1 aliphatic carbocycles. The summed E-state index contributed by atoms with van der Waals surface area (Å²) in [6, 6.07) is 12.8. The summed E-state index contributed by atoms with van der Waals surface area (Å²) in [6.07, 6.45) is 5.64. The first-order valence-corrected chi connectivity index (χ1v) is 15.3. The van der Waals surface area contributed by atoms with Crippen LogP contribution in [0.25, 0.3) is 0 Å². The smallest absolute Gasteiger partial charge is 0.304 e. The summed E-state index contributed by atoms with van der Waals surface area (Å²) in [4.78, 5) is 29.2. The van der Waals surface area contributed by atoms with Gasteiger partial charge in [-0.1, -0.05) is 68.1 Å². The van der Waals surface area contributed by atoms with Gasteiger partial charge in [0.1, 0.15) is 12.6 Å². The fraction of sp³-hybridized carbons (Fsp3) is 0.533. The summed E-state index contributed by atoms with van der Waals surface area (Å²) >= 11 is 0. The molecular formula is C30H44N4O4S. The Morgan fingerprint density at radius 3 is 2.15 bits per heavy atom. The normalized spacial score (nSPS) is 15.2. The molecule has 1 aliphatic rings. The summed E-state index contributed by atoms with van der Waals surface area (Å²) in [5.74, 6) is -0.605. The molecular weight excluding hydrogens is 512 g/mol. The van der Waals surface area contributed by atoms with Crippen molar-refractivity contribution in [3.63, 3.8) is 0 Å². The number of nitrogens with one attached hydrogen (secondary N) is 1. The number of aryl methyl sites for hydroxylation is 3. The van der Waals surface area contributed by atoms with E-state index in [4.69, 9.17) is 0 Å². The molecule has 3 rings (SSSR count). The van der Waals surface area contributed by atoms with Crippen LogP contribution in [0.15, 0.2) is 42.5 Å². The van der Waals surface area contributed by atoms with Crippen LogP contribution < -0.4 is 9.62 Å². The van der Waals surface area contributed by atoms with Crippen LogP contribution >= 0.6 is 0 Å². The maximum Gasteiger partial charge on any atom is 0.304 e. The Balaban J connectivity index is 1.99. The average Bonchev–Trinajstić information content (AvgIpc) is 2.90. The molecule has 2 aromatic carbocycles. The predicted molar refractivity (Wildman–Crippen MR) is 157 cm³/mol. The van der Waals surface area contributed by atoms with E-state index in [1.807, 2.05) is 64.1 Å². The van der Waals surface area contributed by atoms with E-state index in [2.05, 4.69) is 5.32 Å². The average molecular weight is 557 g/mol. The molecule has 1 N–H and O–H groups in total. The number of anilines is 1. The predicted octanol–water partition coefficient (Wildman–Crippen LogP) is 4.48. The van der Waals surface area contributed by atoms with Gasteiger partial charge in [0.05, 0.1) is 5.69 Å². The van der Waals surface area contributed by atoms with Gasteiger partial charge < -0.3 is 10.2 Å². The van der Waals surface area contributed by atoms with E-state index >= 15 is 0 Å². The Kier molecular flexibility index (Phi) is 10.6. The molecule has 0 aromatic heterocycles. The summed E-state index contributed by atoms with van der Waals surface area (Å²) < 4.78 is 29.2. The monoisotopic (exact) mass is 556 g/mol. The van der Waals surface area contributed by atoms with E-state index in [-0.39, 0.29) is 18.5 Å². The fourth-order valence-corrected chi connectivity index (χ4v) is 6.16. The highest BCUT2D eigenvalue weighted by Crippen LogP contribution is 2.26. The van der Waals surface area contributed by atoms with Gasteiger partial charge in [-0.3, -0.25) is 9.59 Å². The summed E-state index contributed by atoms with van der Waals surface area (Å²) in [7, 11) is -1.09. The molecule has 8 nitrogen and oxygen atoms in total. The molecule has 0 bridgehead atoms. The van der Waals surface area contributed by atoms with Gasteiger partial charge in [0.2, 0.25) is 11.8 Å². The lowest BCUT2D eigenvalue weighted by atomic mass is 9.95. The number of amides is 2. The van der Waals surface area contributed by atoms with Crippen LogP contribution in [0.1, 0.15) is 67.7 Å². The Hall–Kier alpha value is -2.91. The van der Waals surface area contributed by atoms with Crippen molar-refractivity contribution in [1.29, 1.82) is 0 Å². The Morgan fingerprint density at radius 2 is 1.56 bits per heavy atom. The zero-order valence-electron chi connectivity index (χ0n) is 24.2. The quantitative estimate of drug-likeness (QED) is 0.442. The number of hydrogen-bond acceptors (Lipinski definition) is 4. The van der Waals surface area contributed by atoms with Gasteiger partial charge >= 0.3 is 10.2 Å². The fourth-order valence-electron chi connectivity index (χ4n) is 5.04. The van der Waals surface area contributed by atoms with Gasteiger partial charge in [0.25, 0.3) is 0 Å². The van der Waals surface area contributed by atoms with E-state index in [0.717, 1.165) is 56.5 Å². The third kappa shape index (κ3) is 7.82. The molecule has 0 aliphatic heterocycles. The molecule has 1 saturated carbocycles. The molecule has 0 spiro atoms. The van der Waals surface area contributed by atoms with Gasteiger partial charge in [-0.15, -0.1) is 0 Å². The summed E-state index contributed by atoms with van der Waals surface area (Å²) in [5, 5.41) is 3.18. The molecule has 0 saturated heterocycles. The van der Waals surface area contributed by atoms with Gasteiger partial charge in [-0.05, 0) is 62.8 Å². The summed E-state index contributed by atoms with van der Waals surface area (Å²) in [5.41, 5.74) is 4.05. The Labute approximate surface area is 234 Å². The first-order chi connectivity index (χ1) is 18.4. The van der Waals surface area contributed by atoms with E-state index in [0.29, 0.717) is 12.1 Å². The van der Waals surface area contributed by atoms with Crippen molar-refractivity contribution < 1.29 is 18.0 Å². The topological polar surface area (TPSA) is 90.0 Å². The maximum absolute atomic E-state index is 14.1. The van der Waals surface area contributed by atoms with Crippen LogP contribution in [0.5, 0.6) is 0 Å². The van der Waals surface area contributed by atoms with Crippen molar-refractivity contribution in [3.05, 3.63) is 64.7 Å². The van der Waals surface area contributed by atoms with E-state index < -0.39 is 28.7 Å². The van der Waals surface area contributed by atoms with Crippen molar-refractivity contribution in [2.45, 2.75) is 84.8 Å². The van der Waals surface area contributed by atoms with Crippen molar-refractivity contribution in [1.82, 2.24) is 14.5 Å². The first-order valence-electron chi connectivity index (χ1n) is 13.9. The minimum absolute atomic E-state index is 0.109. The Morgan fingerprint density at radius 1 is 0.949 bits per heavy atom. The molecule has 2 aromatic rings. The van der Waals surface area contributed by atoms with Crippen LogP contribution in [-0.4, -0.2) is 62.2 Å². The minimum Gasteiger partial charge on any atom is -0.352 e.